The molecule has 0 saturated heterocycles. The molecule has 0 unspecified atom stereocenters. The van der Waals surface area contributed by atoms with Crippen molar-refractivity contribution in [2.24, 2.45) is 0 Å². The van der Waals surface area contributed by atoms with Gasteiger partial charge in [0.05, 0.1) is 5.56 Å². The minimum Gasteiger partial charge on any atom is -0.492 e. The molecule has 0 fully saturated rings. The average molecular weight is 357 g/mol. The first kappa shape index (κ1) is 19.9. The van der Waals surface area contributed by atoms with Gasteiger partial charge in [-0.15, -0.1) is 0 Å². The molecular weight excluding hydrogens is 330 g/mol. The Morgan fingerprint density at radius 3 is 2.27 bits per heavy atom. The number of carbonyl (C=O) groups is 1. The summed E-state index contributed by atoms with van der Waals surface area (Å²) in [6.07, 6.45) is 1.63. The van der Waals surface area contributed by atoms with Crippen LogP contribution in [0.3, 0.4) is 0 Å². The molecule has 2 N–H and O–H groups in total. The summed E-state index contributed by atoms with van der Waals surface area (Å²) in [6, 6.07) is 10.6. The predicted molar refractivity (Wildman–Crippen MR) is 102 cm³/mol. The number of nitrogens with zero attached hydrogens (tertiary/aromatic N) is 1. The van der Waals surface area contributed by atoms with E-state index in [4.69, 9.17) is 9.47 Å². The Kier molecular flexibility index (Phi) is 8.59. The fourth-order valence-corrected chi connectivity index (χ4v) is 2.35. The normalized spacial score (nSPS) is 10.5. The number of ether oxygens (including phenoxy) is 2. The summed E-state index contributed by atoms with van der Waals surface area (Å²) in [4.78, 5) is 17.0. The van der Waals surface area contributed by atoms with E-state index in [-0.39, 0.29) is 5.78 Å². The van der Waals surface area contributed by atoms with Gasteiger partial charge in [0.25, 0.3) is 0 Å². The van der Waals surface area contributed by atoms with Crippen molar-refractivity contribution in [3.05, 3.63) is 53.7 Å². The molecule has 1 aromatic heterocycles. The molecule has 26 heavy (non-hydrogen) atoms. The van der Waals surface area contributed by atoms with Crippen molar-refractivity contribution in [1.29, 1.82) is 0 Å². The highest BCUT2D eigenvalue weighted by Crippen LogP contribution is 2.20. The molecule has 0 aliphatic rings. The lowest BCUT2D eigenvalue weighted by Gasteiger charge is -2.10. The topological polar surface area (TPSA) is 72.5 Å². The smallest absolute Gasteiger partial charge is 0.224 e. The molecule has 2 rings (SSSR count). The maximum Gasteiger partial charge on any atom is 0.224 e. The van der Waals surface area contributed by atoms with Gasteiger partial charge < -0.3 is 20.1 Å². The maximum atomic E-state index is 12.8. The van der Waals surface area contributed by atoms with Crippen molar-refractivity contribution >= 4 is 5.78 Å². The van der Waals surface area contributed by atoms with E-state index in [0.717, 1.165) is 25.4 Å². The lowest BCUT2D eigenvalue weighted by Crippen LogP contribution is -2.21. The van der Waals surface area contributed by atoms with Crippen molar-refractivity contribution in [1.82, 2.24) is 15.6 Å². The number of carbonyl (C=O) groups excluding carboxylic acids is 1. The van der Waals surface area contributed by atoms with E-state index >= 15 is 0 Å². The summed E-state index contributed by atoms with van der Waals surface area (Å²) in [7, 11) is 0. The molecule has 0 saturated carbocycles. The maximum absolute atomic E-state index is 12.8. The van der Waals surface area contributed by atoms with E-state index in [1.165, 1.54) is 0 Å². The third-order valence-electron chi connectivity index (χ3n) is 3.70. The Balaban J connectivity index is 1.99. The number of ketones is 1. The molecule has 0 spiro atoms. The molecule has 0 amide bonds. The highest BCUT2D eigenvalue weighted by atomic mass is 16.5. The van der Waals surface area contributed by atoms with Crippen molar-refractivity contribution in [2.45, 2.75) is 13.8 Å². The number of aromatic nitrogens is 1. The highest BCUT2D eigenvalue weighted by Gasteiger charge is 2.15. The van der Waals surface area contributed by atoms with Gasteiger partial charge in [-0.25, -0.2) is 4.98 Å². The van der Waals surface area contributed by atoms with Gasteiger partial charge in [0.15, 0.2) is 5.78 Å². The van der Waals surface area contributed by atoms with E-state index in [9.17, 15) is 4.79 Å². The molecule has 2 aromatic rings. The molecule has 0 aliphatic heterocycles. The Morgan fingerprint density at radius 2 is 1.62 bits per heavy atom. The van der Waals surface area contributed by atoms with Crippen LogP contribution in [0.4, 0.5) is 0 Å². The molecule has 0 atom stereocenters. The van der Waals surface area contributed by atoms with Gasteiger partial charge in [-0.2, -0.15) is 0 Å². The first-order valence-electron chi connectivity index (χ1n) is 9.03. The summed E-state index contributed by atoms with van der Waals surface area (Å²) in [5.74, 6) is 0.991. The van der Waals surface area contributed by atoms with Gasteiger partial charge in [0, 0.05) is 24.8 Å². The van der Waals surface area contributed by atoms with Gasteiger partial charge >= 0.3 is 0 Å². The number of benzene rings is 1. The first-order valence-corrected chi connectivity index (χ1v) is 9.03. The Morgan fingerprint density at radius 1 is 0.962 bits per heavy atom. The van der Waals surface area contributed by atoms with Crippen LogP contribution in [0.15, 0.2) is 42.6 Å². The Hall–Kier alpha value is -2.44. The number of hydrogen-bond acceptors (Lipinski definition) is 6. The molecule has 0 bridgehead atoms. The number of pyridine rings is 1. The molecule has 140 valence electrons. The molecule has 1 heterocycles. The van der Waals surface area contributed by atoms with Crippen LogP contribution in [0.5, 0.6) is 11.6 Å². The summed E-state index contributed by atoms with van der Waals surface area (Å²) in [5.41, 5.74) is 1.04. The van der Waals surface area contributed by atoms with Crippen molar-refractivity contribution < 1.29 is 14.3 Å². The first-order chi connectivity index (χ1) is 12.8. The van der Waals surface area contributed by atoms with Gasteiger partial charge in [-0.05, 0) is 49.5 Å². The monoisotopic (exact) mass is 357 g/mol. The molecular formula is C20H27N3O3. The fraction of sp³-hybridized carbons (Fsp3) is 0.400. The number of likely N-dealkylation sites (N-methyl/N-ethyl adjacent to an activating group) is 2. The average Bonchev–Trinajstić information content (AvgIpc) is 2.69. The zero-order valence-corrected chi connectivity index (χ0v) is 15.5. The van der Waals surface area contributed by atoms with E-state index < -0.39 is 0 Å². The quantitative estimate of drug-likeness (QED) is 0.449. The fourth-order valence-electron chi connectivity index (χ4n) is 2.35. The Labute approximate surface area is 154 Å². The van der Waals surface area contributed by atoms with E-state index in [1.807, 2.05) is 6.92 Å². The zero-order chi connectivity index (χ0) is 18.6. The number of rotatable bonds is 12. The molecule has 6 heteroatoms. The van der Waals surface area contributed by atoms with Crippen LogP contribution in [0, 0.1) is 0 Å². The van der Waals surface area contributed by atoms with E-state index in [1.54, 1.807) is 42.6 Å². The molecule has 0 radical (unpaired) electrons. The molecule has 0 aliphatic carbocycles. The third-order valence-corrected chi connectivity index (χ3v) is 3.70. The minimum atomic E-state index is -0.115. The number of nitrogens with one attached hydrogen (secondary N) is 2. The highest BCUT2D eigenvalue weighted by molar-refractivity contribution is 6.10. The van der Waals surface area contributed by atoms with Crippen LogP contribution < -0.4 is 20.1 Å². The van der Waals surface area contributed by atoms with Crippen LogP contribution in [0.2, 0.25) is 0 Å². The van der Waals surface area contributed by atoms with Gasteiger partial charge in [0.2, 0.25) is 5.88 Å². The van der Waals surface area contributed by atoms with Crippen molar-refractivity contribution in [3.63, 3.8) is 0 Å². The largest absolute Gasteiger partial charge is 0.492 e. The molecule has 1 aromatic carbocycles. The van der Waals surface area contributed by atoms with Crippen molar-refractivity contribution in [2.75, 3.05) is 39.4 Å². The second kappa shape index (κ2) is 11.2. The lowest BCUT2D eigenvalue weighted by molar-refractivity contribution is 0.103. The van der Waals surface area contributed by atoms with Crippen LogP contribution in [0.1, 0.15) is 29.8 Å². The summed E-state index contributed by atoms with van der Waals surface area (Å²) in [6.45, 7) is 8.43. The number of hydrogen-bond donors (Lipinski definition) is 2. The SMILES string of the molecule is CCNCCOc1ccc(C(=O)c2cccnc2OCCNCC)cc1. The van der Waals surface area contributed by atoms with Crippen LogP contribution in [-0.4, -0.2) is 50.2 Å². The summed E-state index contributed by atoms with van der Waals surface area (Å²) < 4.78 is 11.3. The van der Waals surface area contributed by atoms with Crippen LogP contribution in [-0.2, 0) is 0 Å². The van der Waals surface area contributed by atoms with Gasteiger partial charge in [-0.1, -0.05) is 13.8 Å². The summed E-state index contributed by atoms with van der Waals surface area (Å²) in [5, 5.41) is 6.37. The standard InChI is InChI=1S/C20H27N3O3/c1-3-21-12-14-25-17-9-7-16(8-10-17)19(24)18-6-5-11-23-20(18)26-15-13-22-4-2/h5-11,21-22H,3-4,12-15H2,1-2H3. The zero-order valence-electron chi connectivity index (χ0n) is 15.5. The van der Waals surface area contributed by atoms with Crippen LogP contribution in [0.25, 0.3) is 0 Å². The second-order valence-corrected chi connectivity index (χ2v) is 5.61. The summed E-state index contributed by atoms with van der Waals surface area (Å²) >= 11 is 0. The Bertz CT molecular complexity index is 674. The van der Waals surface area contributed by atoms with Gasteiger partial charge in [-0.3, -0.25) is 4.79 Å². The second-order valence-electron chi connectivity index (χ2n) is 5.61. The van der Waals surface area contributed by atoms with E-state index in [0.29, 0.717) is 36.8 Å². The lowest BCUT2D eigenvalue weighted by atomic mass is 10.0. The van der Waals surface area contributed by atoms with Gasteiger partial charge in [0.1, 0.15) is 19.0 Å². The predicted octanol–water partition coefficient (Wildman–Crippen LogP) is 2.29. The van der Waals surface area contributed by atoms with Crippen LogP contribution >= 0.6 is 0 Å². The third kappa shape index (κ3) is 6.13. The van der Waals surface area contributed by atoms with E-state index in [2.05, 4.69) is 22.5 Å². The minimum absolute atomic E-state index is 0.115. The molecule has 6 nitrogen and oxygen atoms in total. The van der Waals surface area contributed by atoms with Crippen molar-refractivity contribution in [3.8, 4) is 11.6 Å².